The topological polar surface area (TPSA) is 21.3 Å². The molecule has 3 heteroatoms. The lowest BCUT2D eigenvalue weighted by atomic mass is 9.97. The molecule has 0 radical (unpaired) electrons. The van der Waals surface area contributed by atoms with Crippen LogP contribution in [-0.2, 0) is 10.3 Å². The Morgan fingerprint density at radius 3 is 1.70 bits per heavy atom. The highest BCUT2D eigenvalue weighted by atomic mass is 31.1. The van der Waals surface area contributed by atoms with Crippen molar-refractivity contribution in [3.63, 3.8) is 0 Å². The highest BCUT2D eigenvalue weighted by Gasteiger charge is 2.32. The summed E-state index contributed by atoms with van der Waals surface area (Å²) >= 11 is 0. The normalized spacial score (nSPS) is 12.2. The SMILES string of the molecule is CNc1ccc(C(C)(C)OCCC(C)(C)P(c2ccccc2)c2ccccc2)cc1. The number of hydrogen-bond acceptors (Lipinski definition) is 2. The van der Waals surface area contributed by atoms with Crippen LogP contribution in [0.5, 0.6) is 0 Å². The van der Waals surface area contributed by atoms with E-state index in [1.54, 1.807) is 0 Å². The zero-order valence-electron chi connectivity index (χ0n) is 18.9. The van der Waals surface area contributed by atoms with E-state index in [0.29, 0.717) is 0 Å². The van der Waals surface area contributed by atoms with Crippen LogP contribution in [0.25, 0.3) is 0 Å². The lowest BCUT2D eigenvalue weighted by molar-refractivity contribution is -0.0249. The van der Waals surface area contributed by atoms with Crippen molar-refractivity contribution in [1.82, 2.24) is 0 Å². The molecule has 0 fully saturated rings. The van der Waals surface area contributed by atoms with E-state index in [2.05, 4.69) is 118 Å². The Hall–Kier alpha value is -2.15. The van der Waals surface area contributed by atoms with Gasteiger partial charge in [-0.2, -0.15) is 0 Å². The van der Waals surface area contributed by atoms with Crippen LogP contribution in [0.15, 0.2) is 84.9 Å². The van der Waals surface area contributed by atoms with E-state index < -0.39 is 7.92 Å². The van der Waals surface area contributed by atoms with Gasteiger partial charge in [0.2, 0.25) is 0 Å². The van der Waals surface area contributed by atoms with Gasteiger partial charge in [0.1, 0.15) is 0 Å². The smallest absolute Gasteiger partial charge is 0.0875 e. The third-order valence-electron chi connectivity index (χ3n) is 5.68. The molecular weight excluding hydrogens is 385 g/mol. The number of ether oxygens (including phenoxy) is 1. The molecule has 3 rings (SSSR count). The summed E-state index contributed by atoms with van der Waals surface area (Å²) in [5, 5.41) is 6.13. The first-order chi connectivity index (χ1) is 14.3. The van der Waals surface area contributed by atoms with Gasteiger partial charge >= 0.3 is 0 Å². The first-order valence-electron chi connectivity index (χ1n) is 10.7. The molecule has 0 atom stereocenters. The van der Waals surface area contributed by atoms with Gasteiger partial charge < -0.3 is 10.1 Å². The molecule has 0 unspecified atom stereocenters. The molecule has 0 aliphatic rings. The lowest BCUT2D eigenvalue weighted by Gasteiger charge is -2.37. The molecule has 0 saturated heterocycles. The molecule has 0 aromatic heterocycles. The second-order valence-corrected chi connectivity index (χ2v) is 11.7. The maximum atomic E-state index is 6.44. The van der Waals surface area contributed by atoms with Crippen LogP contribution in [0.2, 0.25) is 0 Å². The van der Waals surface area contributed by atoms with Crippen LogP contribution >= 0.6 is 7.92 Å². The molecule has 0 aliphatic heterocycles. The Kier molecular flexibility index (Phi) is 7.34. The van der Waals surface area contributed by atoms with Crippen LogP contribution in [-0.4, -0.2) is 18.8 Å². The van der Waals surface area contributed by atoms with Crippen LogP contribution in [0.4, 0.5) is 5.69 Å². The predicted octanol–water partition coefficient (Wildman–Crippen LogP) is 6.28. The standard InChI is InChI=1S/C27H34NOP/c1-26(2,20-21-29-27(3,4)22-16-18-23(28-5)19-17-22)30(24-12-8-6-9-13-24)25-14-10-7-11-15-25/h6-19,28H,20-21H2,1-5H3. The summed E-state index contributed by atoms with van der Waals surface area (Å²) in [5.41, 5.74) is 2.00. The molecule has 0 spiro atoms. The Morgan fingerprint density at radius 1 is 0.733 bits per heavy atom. The molecule has 30 heavy (non-hydrogen) atoms. The molecule has 0 saturated carbocycles. The second-order valence-electron chi connectivity index (χ2n) is 8.76. The zero-order chi connectivity index (χ0) is 21.6. The Balaban J connectivity index is 1.74. The van der Waals surface area contributed by atoms with Crippen molar-refractivity contribution in [3.8, 4) is 0 Å². The number of hydrogen-bond donors (Lipinski definition) is 1. The van der Waals surface area contributed by atoms with Gasteiger partial charge in [-0.05, 0) is 61.7 Å². The molecule has 0 heterocycles. The molecule has 3 aromatic carbocycles. The zero-order valence-corrected chi connectivity index (χ0v) is 19.7. The molecule has 2 nitrogen and oxygen atoms in total. The first kappa shape index (κ1) is 22.5. The number of anilines is 1. The van der Waals surface area contributed by atoms with Crippen molar-refractivity contribution >= 4 is 24.2 Å². The van der Waals surface area contributed by atoms with E-state index in [4.69, 9.17) is 4.74 Å². The average Bonchev–Trinajstić information content (AvgIpc) is 2.75. The molecule has 0 amide bonds. The van der Waals surface area contributed by atoms with Crippen LogP contribution in [0.1, 0.15) is 39.7 Å². The minimum Gasteiger partial charge on any atom is -0.388 e. The lowest BCUT2D eigenvalue weighted by Crippen LogP contribution is -2.32. The van der Waals surface area contributed by atoms with Crippen molar-refractivity contribution in [2.24, 2.45) is 0 Å². The summed E-state index contributed by atoms with van der Waals surface area (Å²) in [5.74, 6) is 0. The van der Waals surface area contributed by atoms with Crippen LogP contribution in [0.3, 0.4) is 0 Å². The van der Waals surface area contributed by atoms with Gasteiger partial charge in [0.05, 0.1) is 5.60 Å². The van der Waals surface area contributed by atoms with E-state index in [1.165, 1.54) is 16.2 Å². The Morgan fingerprint density at radius 2 is 1.23 bits per heavy atom. The van der Waals surface area contributed by atoms with Crippen LogP contribution in [0, 0.1) is 0 Å². The van der Waals surface area contributed by atoms with E-state index in [0.717, 1.165) is 18.7 Å². The minimum atomic E-state index is -0.491. The quantitative estimate of drug-likeness (QED) is 0.412. The van der Waals surface area contributed by atoms with Crippen molar-refractivity contribution in [1.29, 1.82) is 0 Å². The summed E-state index contributed by atoms with van der Waals surface area (Å²) in [4.78, 5) is 0. The summed E-state index contributed by atoms with van der Waals surface area (Å²) in [6.07, 6.45) is 1.00. The number of benzene rings is 3. The fraction of sp³-hybridized carbons (Fsp3) is 0.333. The summed E-state index contributed by atoms with van der Waals surface area (Å²) in [6.45, 7) is 9.82. The largest absolute Gasteiger partial charge is 0.388 e. The van der Waals surface area contributed by atoms with Crippen molar-refractivity contribution in [2.75, 3.05) is 19.0 Å². The first-order valence-corrected chi connectivity index (χ1v) is 12.0. The summed E-state index contributed by atoms with van der Waals surface area (Å²) in [6, 6.07) is 30.4. The fourth-order valence-electron chi connectivity index (χ4n) is 3.79. The van der Waals surface area contributed by atoms with Gasteiger partial charge in [0, 0.05) is 19.3 Å². The molecule has 0 bridgehead atoms. The molecule has 3 aromatic rings. The van der Waals surface area contributed by atoms with E-state index in [9.17, 15) is 0 Å². The molecule has 158 valence electrons. The maximum absolute atomic E-state index is 6.44. The van der Waals surface area contributed by atoms with Gasteiger partial charge in [-0.15, -0.1) is 0 Å². The fourth-order valence-corrected chi connectivity index (χ4v) is 6.74. The number of nitrogens with one attached hydrogen (secondary N) is 1. The third-order valence-corrected chi connectivity index (χ3v) is 8.74. The van der Waals surface area contributed by atoms with Gasteiger partial charge in [-0.1, -0.05) is 86.6 Å². The predicted molar refractivity (Wildman–Crippen MR) is 133 cm³/mol. The monoisotopic (exact) mass is 419 g/mol. The minimum absolute atomic E-state index is 0.115. The van der Waals surface area contributed by atoms with Crippen molar-refractivity contribution in [2.45, 2.75) is 44.9 Å². The van der Waals surface area contributed by atoms with Crippen LogP contribution < -0.4 is 15.9 Å². The number of rotatable bonds is 9. The molecular formula is C27H34NOP. The summed E-state index contributed by atoms with van der Waals surface area (Å²) in [7, 11) is 1.45. The van der Waals surface area contributed by atoms with Gasteiger partial charge in [-0.3, -0.25) is 0 Å². The van der Waals surface area contributed by atoms with Crippen molar-refractivity contribution < 1.29 is 4.74 Å². The maximum Gasteiger partial charge on any atom is 0.0875 e. The summed E-state index contributed by atoms with van der Waals surface area (Å²) < 4.78 is 6.44. The van der Waals surface area contributed by atoms with E-state index in [-0.39, 0.29) is 10.8 Å². The van der Waals surface area contributed by atoms with Gasteiger partial charge in [0.25, 0.3) is 0 Å². The van der Waals surface area contributed by atoms with Crippen molar-refractivity contribution in [3.05, 3.63) is 90.5 Å². The molecule has 0 aliphatic carbocycles. The second kappa shape index (κ2) is 9.77. The average molecular weight is 420 g/mol. The van der Waals surface area contributed by atoms with E-state index in [1.807, 2.05) is 7.05 Å². The van der Waals surface area contributed by atoms with Gasteiger partial charge in [-0.25, -0.2) is 0 Å². The highest BCUT2D eigenvalue weighted by Crippen LogP contribution is 2.49. The Labute approximate surface area is 183 Å². The van der Waals surface area contributed by atoms with E-state index >= 15 is 0 Å². The highest BCUT2D eigenvalue weighted by molar-refractivity contribution is 7.74. The Bertz CT molecular complexity index is 865. The van der Waals surface area contributed by atoms with Gasteiger partial charge in [0.15, 0.2) is 0 Å². The molecule has 1 N–H and O–H groups in total. The third kappa shape index (κ3) is 5.50.